The lowest BCUT2D eigenvalue weighted by atomic mass is 9.90. The lowest BCUT2D eigenvalue weighted by molar-refractivity contribution is -0.147. The maximum absolute atomic E-state index is 13.9. The maximum Gasteiger partial charge on any atom is 0.310 e. The molecule has 0 aromatic heterocycles. The average molecular weight is 398 g/mol. The topological polar surface area (TPSA) is 64.1 Å². The summed E-state index contributed by atoms with van der Waals surface area (Å²) in [7, 11) is 0. The molecule has 2 aliphatic heterocycles. The van der Waals surface area contributed by atoms with Crippen LogP contribution in [0.15, 0.2) is 18.2 Å². The van der Waals surface area contributed by atoms with Gasteiger partial charge in [-0.1, -0.05) is 17.7 Å². The van der Waals surface area contributed by atoms with Crippen LogP contribution in [0.1, 0.15) is 18.9 Å². The Balaban J connectivity index is 1.48. The molecule has 1 atom stereocenters. The number of carbonyl (C=O) groups excluding carboxylic acids is 1. The molecule has 1 aromatic carbocycles. The Labute approximate surface area is 163 Å². The number of carboxylic acid groups (broad SMARTS) is 1. The molecule has 1 amide bonds. The van der Waals surface area contributed by atoms with Crippen LogP contribution in [-0.4, -0.2) is 77.5 Å². The first-order valence-corrected chi connectivity index (χ1v) is 9.55. The molecule has 6 nitrogen and oxygen atoms in total. The molecule has 2 fully saturated rings. The van der Waals surface area contributed by atoms with Gasteiger partial charge in [0.2, 0.25) is 5.91 Å². The van der Waals surface area contributed by atoms with Gasteiger partial charge in [0.1, 0.15) is 5.82 Å². The van der Waals surface area contributed by atoms with E-state index in [0.29, 0.717) is 62.8 Å². The van der Waals surface area contributed by atoms with E-state index in [2.05, 4.69) is 4.90 Å². The first-order valence-electron chi connectivity index (χ1n) is 9.17. The van der Waals surface area contributed by atoms with Crippen LogP contribution < -0.4 is 0 Å². The highest BCUT2D eigenvalue weighted by Crippen LogP contribution is 2.30. The first-order chi connectivity index (χ1) is 12.8. The summed E-state index contributed by atoms with van der Waals surface area (Å²) in [6, 6.07) is 4.67. The first kappa shape index (κ1) is 20.0. The zero-order valence-electron chi connectivity index (χ0n) is 15.5. The van der Waals surface area contributed by atoms with Gasteiger partial charge in [0.15, 0.2) is 0 Å². The van der Waals surface area contributed by atoms with Crippen molar-refractivity contribution in [3.05, 3.63) is 34.6 Å². The number of rotatable bonds is 5. The van der Waals surface area contributed by atoms with Gasteiger partial charge in [-0.05, 0) is 32.0 Å². The van der Waals surface area contributed by atoms with Gasteiger partial charge >= 0.3 is 5.97 Å². The number of amides is 1. The van der Waals surface area contributed by atoms with Crippen LogP contribution in [0.4, 0.5) is 4.39 Å². The Hall–Kier alpha value is -1.70. The highest BCUT2D eigenvalue weighted by atomic mass is 35.5. The molecule has 1 aromatic rings. The van der Waals surface area contributed by atoms with Gasteiger partial charge in [0.25, 0.3) is 0 Å². The van der Waals surface area contributed by atoms with Crippen molar-refractivity contribution in [1.82, 2.24) is 14.7 Å². The van der Waals surface area contributed by atoms with Crippen LogP contribution in [0.3, 0.4) is 0 Å². The minimum atomic E-state index is -0.808. The molecule has 8 heteroatoms. The molecule has 1 N–H and O–H groups in total. The molecule has 1 unspecified atom stereocenters. The van der Waals surface area contributed by atoms with Gasteiger partial charge in [-0.15, -0.1) is 0 Å². The quantitative estimate of drug-likeness (QED) is 0.822. The van der Waals surface area contributed by atoms with Gasteiger partial charge in [-0.2, -0.15) is 0 Å². The van der Waals surface area contributed by atoms with E-state index < -0.39 is 11.4 Å². The number of hydrogen-bond acceptors (Lipinski definition) is 4. The fraction of sp³-hybridized carbons (Fsp3) is 0.579. The minimum absolute atomic E-state index is 0.0215. The molecule has 0 bridgehead atoms. The van der Waals surface area contributed by atoms with Crippen molar-refractivity contribution < 1.29 is 19.1 Å². The third-order valence-electron chi connectivity index (χ3n) is 5.60. The van der Waals surface area contributed by atoms with Crippen molar-refractivity contribution in [1.29, 1.82) is 0 Å². The Kier molecular flexibility index (Phi) is 6.03. The van der Waals surface area contributed by atoms with Crippen LogP contribution in [0.2, 0.25) is 5.02 Å². The number of halogens is 2. The molecule has 0 saturated carbocycles. The summed E-state index contributed by atoms with van der Waals surface area (Å²) >= 11 is 6.09. The lowest BCUT2D eigenvalue weighted by Crippen LogP contribution is -2.51. The molecule has 3 rings (SSSR count). The summed E-state index contributed by atoms with van der Waals surface area (Å²) < 4.78 is 13.9. The van der Waals surface area contributed by atoms with Crippen LogP contribution in [0.5, 0.6) is 0 Å². The van der Waals surface area contributed by atoms with Crippen molar-refractivity contribution in [3.63, 3.8) is 0 Å². The predicted octanol–water partition coefficient (Wildman–Crippen LogP) is 1.92. The van der Waals surface area contributed by atoms with Crippen LogP contribution >= 0.6 is 11.6 Å². The summed E-state index contributed by atoms with van der Waals surface area (Å²) in [5.41, 5.74) is -0.276. The zero-order valence-corrected chi connectivity index (χ0v) is 16.2. The molecule has 2 heterocycles. The number of nitrogens with zero attached hydrogens (tertiary/aromatic N) is 3. The predicted molar refractivity (Wildman–Crippen MR) is 100 cm³/mol. The molecule has 2 aliphatic rings. The number of hydrogen-bond donors (Lipinski definition) is 1. The van der Waals surface area contributed by atoms with Gasteiger partial charge in [-0.25, -0.2) is 4.39 Å². The summed E-state index contributed by atoms with van der Waals surface area (Å²) in [4.78, 5) is 29.7. The lowest BCUT2D eigenvalue weighted by Gasteiger charge is -2.35. The van der Waals surface area contributed by atoms with E-state index >= 15 is 0 Å². The molecule has 0 radical (unpaired) electrons. The van der Waals surface area contributed by atoms with Crippen molar-refractivity contribution in [2.24, 2.45) is 5.41 Å². The van der Waals surface area contributed by atoms with Gasteiger partial charge in [-0.3, -0.25) is 19.4 Å². The molecule has 0 aliphatic carbocycles. The monoisotopic (exact) mass is 397 g/mol. The normalized spacial score (nSPS) is 24.3. The SMILES string of the molecule is CC1(C(=O)O)CCN(CC(=O)N2CCN(Cc3c(F)cccc3Cl)CC2)C1. The summed E-state index contributed by atoms with van der Waals surface area (Å²) in [6.45, 7) is 5.90. The van der Waals surface area contributed by atoms with Crippen molar-refractivity contribution in [3.8, 4) is 0 Å². The van der Waals surface area contributed by atoms with E-state index in [1.807, 2.05) is 4.90 Å². The number of benzene rings is 1. The smallest absolute Gasteiger partial charge is 0.310 e. The molecule has 148 valence electrons. The third-order valence-corrected chi connectivity index (χ3v) is 5.95. The van der Waals surface area contributed by atoms with E-state index in [4.69, 9.17) is 11.6 Å². The van der Waals surface area contributed by atoms with E-state index in [1.165, 1.54) is 6.07 Å². The molecule has 0 spiro atoms. The third kappa shape index (κ3) is 4.59. The fourth-order valence-electron chi connectivity index (χ4n) is 3.72. The van der Waals surface area contributed by atoms with Crippen molar-refractivity contribution in [2.75, 3.05) is 45.8 Å². The minimum Gasteiger partial charge on any atom is -0.481 e. The number of carbonyl (C=O) groups is 2. The van der Waals surface area contributed by atoms with Crippen LogP contribution in [-0.2, 0) is 16.1 Å². The van der Waals surface area contributed by atoms with Gasteiger partial charge in [0, 0.05) is 49.9 Å². The van der Waals surface area contributed by atoms with Gasteiger partial charge < -0.3 is 10.0 Å². The largest absolute Gasteiger partial charge is 0.481 e. The van der Waals surface area contributed by atoms with Crippen LogP contribution in [0.25, 0.3) is 0 Å². The zero-order chi connectivity index (χ0) is 19.6. The highest BCUT2D eigenvalue weighted by Gasteiger charge is 2.41. The number of likely N-dealkylation sites (tertiary alicyclic amines) is 1. The van der Waals surface area contributed by atoms with E-state index in [9.17, 15) is 19.1 Å². The maximum atomic E-state index is 13.9. The second-order valence-electron chi connectivity index (χ2n) is 7.68. The Bertz CT molecular complexity index is 704. The number of carboxylic acids is 1. The fourth-order valence-corrected chi connectivity index (χ4v) is 3.94. The van der Waals surface area contributed by atoms with E-state index in [1.54, 1.807) is 24.0 Å². The van der Waals surface area contributed by atoms with Crippen molar-refractivity contribution >= 4 is 23.5 Å². The molecule has 2 saturated heterocycles. The highest BCUT2D eigenvalue weighted by molar-refractivity contribution is 6.31. The standard InChI is InChI=1S/C19H25ClFN3O3/c1-19(18(26)27)5-6-23(13-19)12-17(25)24-9-7-22(8-10-24)11-14-15(20)3-2-4-16(14)21/h2-4H,5-13H2,1H3,(H,26,27). The summed E-state index contributed by atoms with van der Waals surface area (Å²) in [5.74, 6) is -1.09. The molecular formula is C19H25ClFN3O3. The molecule has 27 heavy (non-hydrogen) atoms. The van der Waals surface area contributed by atoms with Crippen molar-refractivity contribution in [2.45, 2.75) is 19.9 Å². The summed E-state index contributed by atoms with van der Waals surface area (Å²) in [6.07, 6.45) is 0.562. The Morgan fingerprint density at radius 2 is 1.89 bits per heavy atom. The second-order valence-corrected chi connectivity index (χ2v) is 8.09. The van der Waals surface area contributed by atoms with Gasteiger partial charge in [0.05, 0.1) is 12.0 Å². The average Bonchev–Trinajstić information content (AvgIpc) is 3.01. The Morgan fingerprint density at radius 3 is 2.48 bits per heavy atom. The number of piperazine rings is 1. The second kappa shape index (κ2) is 8.12. The Morgan fingerprint density at radius 1 is 1.19 bits per heavy atom. The van der Waals surface area contributed by atoms with E-state index in [-0.39, 0.29) is 18.3 Å². The van der Waals surface area contributed by atoms with Crippen LogP contribution in [0, 0.1) is 11.2 Å². The summed E-state index contributed by atoms with van der Waals surface area (Å²) in [5, 5.41) is 9.72. The number of aliphatic carboxylic acids is 1. The van der Waals surface area contributed by atoms with E-state index in [0.717, 1.165) is 0 Å². The molecular weight excluding hydrogens is 373 g/mol.